The van der Waals surface area contributed by atoms with Crippen molar-refractivity contribution in [3.8, 4) is 11.5 Å². The van der Waals surface area contributed by atoms with Gasteiger partial charge in [0.05, 0.1) is 14.2 Å². The summed E-state index contributed by atoms with van der Waals surface area (Å²) in [6, 6.07) is 15.2. The van der Waals surface area contributed by atoms with Crippen LogP contribution >= 0.6 is 0 Å². The maximum absolute atomic E-state index is 12.0. The highest BCUT2D eigenvalue weighted by molar-refractivity contribution is 5.89. The predicted molar refractivity (Wildman–Crippen MR) is 103 cm³/mol. The number of rotatable bonds is 6. The Morgan fingerprint density at radius 3 is 2.46 bits per heavy atom. The van der Waals surface area contributed by atoms with Crippen LogP contribution in [0.15, 0.2) is 48.5 Å². The van der Waals surface area contributed by atoms with E-state index in [0.29, 0.717) is 12.5 Å². The number of amides is 2. The van der Waals surface area contributed by atoms with Gasteiger partial charge in [0, 0.05) is 49.2 Å². The summed E-state index contributed by atoms with van der Waals surface area (Å²) < 4.78 is 10.7. The number of methoxy groups -OCH3 is 2. The maximum Gasteiger partial charge on any atom is 0.319 e. The van der Waals surface area contributed by atoms with Gasteiger partial charge in [0.1, 0.15) is 11.5 Å². The molecule has 3 rings (SSSR count). The summed E-state index contributed by atoms with van der Waals surface area (Å²) in [5, 5.41) is 5.81. The van der Waals surface area contributed by atoms with Crippen molar-refractivity contribution in [1.29, 1.82) is 0 Å². The van der Waals surface area contributed by atoms with Gasteiger partial charge in [0.2, 0.25) is 0 Å². The van der Waals surface area contributed by atoms with Gasteiger partial charge in [-0.15, -0.1) is 0 Å². The van der Waals surface area contributed by atoms with E-state index in [9.17, 15) is 4.79 Å². The zero-order chi connectivity index (χ0) is 18.4. The highest BCUT2D eigenvalue weighted by atomic mass is 16.5. The Labute approximate surface area is 154 Å². The lowest BCUT2D eigenvalue weighted by Crippen LogP contribution is -2.34. The molecule has 1 unspecified atom stereocenters. The van der Waals surface area contributed by atoms with E-state index in [1.165, 1.54) is 0 Å². The third-order valence-electron chi connectivity index (χ3n) is 4.57. The Bertz CT molecular complexity index is 714. The third kappa shape index (κ3) is 4.59. The summed E-state index contributed by atoms with van der Waals surface area (Å²) in [5.74, 6) is 1.97. The van der Waals surface area contributed by atoms with Gasteiger partial charge in [-0.1, -0.05) is 18.2 Å². The van der Waals surface area contributed by atoms with Crippen LogP contribution in [0.5, 0.6) is 11.5 Å². The normalized spacial score (nSPS) is 16.2. The summed E-state index contributed by atoms with van der Waals surface area (Å²) in [5.41, 5.74) is 1.87. The van der Waals surface area contributed by atoms with Crippen LogP contribution in [0.1, 0.15) is 6.42 Å². The molecule has 0 aromatic heterocycles. The van der Waals surface area contributed by atoms with Crippen LogP contribution in [0.2, 0.25) is 0 Å². The highest BCUT2D eigenvalue weighted by Gasteiger charge is 2.24. The van der Waals surface area contributed by atoms with Gasteiger partial charge in [-0.2, -0.15) is 0 Å². The zero-order valence-corrected chi connectivity index (χ0v) is 15.2. The van der Waals surface area contributed by atoms with Gasteiger partial charge in [-0.3, -0.25) is 0 Å². The summed E-state index contributed by atoms with van der Waals surface area (Å²) >= 11 is 0. The first kappa shape index (κ1) is 17.9. The van der Waals surface area contributed by atoms with Crippen LogP contribution in [-0.4, -0.2) is 39.9 Å². The van der Waals surface area contributed by atoms with E-state index in [4.69, 9.17) is 9.47 Å². The smallest absolute Gasteiger partial charge is 0.319 e. The molecule has 1 atom stereocenters. The Morgan fingerprint density at radius 1 is 1.12 bits per heavy atom. The molecule has 1 saturated heterocycles. The Kier molecular flexibility index (Phi) is 5.84. The molecule has 0 spiro atoms. The van der Waals surface area contributed by atoms with Gasteiger partial charge < -0.3 is 25.0 Å². The quantitative estimate of drug-likeness (QED) is 0.834. The molecule has 6 heteroatoms. The molecule has 1 fully saturated rings. The van der Waals surface area contributed by atoms with Crippen molar-refractivity contribution in [2.24, 2.45) is 5.92 Å². The summed E-state index contributed by atoms with van der Waals surface area (Å²) in [7, 11) is 3.31. The minimum atomic E-state index is -0.169. The van der Waals surface area contributed by atoms with E-state index in [1.807, 2.05) is 48.5 Å². The van der Waals surface area contributed by atoms with E-state index in [2.05, 4.69) is 15.5 Å². The number of anilines is 2. The number of nitrogens with zero attached hydrogens (tertiary/aromatic N) is 1. The Balaban J connectivity index is 1.52. The van der Waals surface area contributed by atoms with Crippen LogP contribution in [-0.2, 0) is 0 Å². The number of hydrogen-bond donors (Lipinski definition) is 2. The summed E-state index contributed by atoms with van der Waals surface area (Å²) in [6.07, 6.45) is 1.03. The maximum atomic E-state index is 12.0. The molecule has 2 amide bonds. The lowest BCUT2D eigenvalue weighted by molar-refractivity contribution is 0.250. The molecular formula is C20H25N3O3. The molecule has 0 bridgehead atoms. The van der Waals surface area contributed by atoms with Gasteiger partial charge in [0.15, 0.2) is 0 Å². The lowest BCUT2D eigenvalue weighted by Gasteiger charge is -2.20. The monoisotopic (exact) mass is 355 g/mol. The number of para-hydroxylation sites is 1. The standard InChI is InChI=1S/C20H25N3O3/c1-25-18-10-17(11-19(12-18)26-2)23-9-8-15(14-23)13-21-20(24)22-16-6-4-3-5-7-16/h3-7,10-12,15H,8-9,13-14H2,1-2H3,(H2,21,22,24). The lowest BCUT2D eigenvalue weighted by atomic mass is 10.1. The molecule has 138 valence electrons. The molecule has 1 aliphatic heterocycles. The van der Waals surface area contributed by atoms with E-state index in [-0.39, 0.29) is 6.03 Å². The second-order valence-corrected chi connectivity index (χ2v) is 6.37. The van der Waals surface area contributed by atoms with Gasteiger partial charge in [-0.25, -0.2) is 4.79 Å². The highest BCUT2D eigenvalue weighted by Crippen LogP contribution is 2.31. The number of nitrogens with one attached hydrogen (secondary N) is 2. The van der Waals surface area contributed by atoms with Crippen LogP contribution < -0.4 is 25.0 Å². The van der Waals surface area contributed by atoms with Gasteiger partial charge in [0.25, 0.3) is 0 Å². The number of urea groups is 1. The van der Waals surface area contributed by atoms with E-state index >= 15 is 0 Å². The third-order valence-corrected chi connectivity index (χ3v) is 4.57. The van der Waals surface area contributed by atoms with Crippen molar-refractivity contribution in [1.82, 2.24) is 5.32 Å². The second-order valence-electron chi connectivity index (χ2n) is 6.37. The van der Waals surface area contributed by atoms with Crippen LogP contribution in [0, 0.1) is 5.92 Å². The molecule has 26 heavy (non-hydrogen) atoms. The molecule has 2 N–H and O–H groups in total. The summed E-state index contributed by atoms with van der Waals surface area (Å²) in [4.78, 5) is 14.3. The molecule has 2 aromatic carbocycles. The van der Waals surface area contributed by atoms with Crippen molar-refractivity contribution < 1.29 is 14.3 Å². The minimum Gasteiger partial charge on any atom is -0.497 e. The molecule has 0 saturated carbocycles. The number of carbonyl (C=O) groups excluding carboxylic acids is 1. The second kappa shape index (κ2) is 8.47. The van der Waals surface area contributed by atoms with E-state index < -0.39 is 0 Å². The number of ether oxygens (including phenoxy) is 2. The fourth-order valence-electron chi connectivity index (χ4n) is 3.14. The van der Waals surface area contributed by atoms with Gasteiger partial charge in [-0.05, 0) is 24.5 Å². The zero-order valence-electron chi connectivity index (χ0n) is 15.2. The average molecular weight is 355 g/mol. The molecular weight excluding hydrogens is 330 g/mol. The average Bonchev–Trinajstić information content (AvgIpc) is 3.16. The molecule has 0 radical (unpaired) electrons. The first-order valence-electron chi connectivity index (χ1n) is 8.76. The van der Waals surface area contributed by atoms with Crippen LogP contribution in [0.4, 0.5) is 16.2 Å². The van der Waals surface area contributed by atoms with Crippen molar-refractivity contribution in [3.63, 3.8) is 0 Å². The fourth-order valence-corrected chi connectivity index (χ4v) is 3.14. The molecule has 6 nitrogen and oxygen atoms in total. The number of benzene rings is 2. The fraction of sp³-hybridized carbons (Fsp3) is 0.350. The topological polar surface area (TPSA) is 62.8 Å². The van der Waals surface area contributed by atoms with E-state index in [0.717, 1.165) is 42.4 Å². The molecule has 1 heterocycles. The predicted octanol–water partition coefficient (Wildman–Crippen LogP) is 3.35. The Hall–Kier alpha value is -2.89. The van der Waals surface area contributed by atoms with E-state index in [1.54, 1.807) is 14.2 Å². The first-order chi connectivity index (χ1) is 12.7. The van der Waals surface area contributed by atoms with Crippen molar-refractivity contribution in [2.45, 2.75) is 6.42 Å². The SMILES string of the molecule is COc1cc(OC)cc(N2CCC(CNC(=O)Nc3ccccc3)C2)c1. The van der Waals surface area contributed by atoms with Crippen molar-refractivity contribution >= 4 is 17.4 Å². The molecule has 1 aliphatic rings. The summed E-state index contributed by atoms with van der Waals surface area (Å²) in [6.45, 7) is 2.49. The molecule has 0 aliphatic carbocycles. The van der Waals surface area contributed by atoms with Crippen molar-refractivity contribution in [2.75, 3.05) is 44.1 Å². The van der Waals surface area contributed by atoms with Crippen LogP contribution in [0.3, 0.4) is 0 Å². The first-order valence-corrected chi connectivity index (χ1v) is 8.76. The largest absolute Gasteiger partial charge is 0.497 e. The van der Waals surface area contributed by atoms with Gasteiger partial charge >= 0.3 is 6.03 Å². The minimum absolute atomic E-state index is 0.169. The van der Waals surface area contributed by atoms with Crippen LogP contribution in [0.25, 0.3) is 0 Å². The number of hydrogen-bond acceptors (Lipinski definition) is 4. The molecule has 2 aromatic rings. The number of carbonyl (C=O) groups is 1. The Morgan fingerprint density at radius 2 is 1.81 bits per heavy atom. The van der Waals surface area contributed by atoms with Crippen molar-refractivity contribution in [3.05, 3.63) is 48.5 Å².